The van der Waals surface area contributed by atoms with E-state index in [9.17, 15) is 0 Å². The normalized spacial score (nSPS) is 23.2. The zero-order valence-corrected chi connectivity index (χ0v) is 26.9. The zero-order valence-electron chi connectivity index (χ0n) is 26.9. The largest absolute Gasteiger partial charge is 0.499 e. The smallest absolute Gasteiger partial charge is 0.115 e. The van der Waals surface area contributed by atoms with Crippen LogP contribution in [0.4, 0.5) is 0 Å². The average molecular weight is 555 g/mol. The molecule has 3 aliphatic rings. The number of hydrogen-bond donors (Lipinski definition) is 0. The van der Waals surface area contributed by atoms with E-state index in [1.807, 2.05) is 7.11 Å². The van der Waals surface area contributed by atoms with E-state index >= 15 is 0 Å². The molecule has 0 heterocycles. The van der Waals surface area contributed by atoms with Crippen LogP contribution in [0.25, 0.3) is 11.6 Å². The van der Waals surface area contributed by atoms with Gasteiger partial charge in [-0.3, -0.25) is 0 Å². The summed E-state index contributed by atoms with van der Waals surface area (Å²) < 4.78 is 6.72. The Morgan fingerprint density at radius 2 is 1.38 bits per heavy atom. The third-order valence-corrected chi connectivity index (χ3v) is 9.56. The molecule has 0 spiro atoms. The third-order valence-electron chi connectivity index (χ3n) is 9.56. The fourth-order valence-corrected chi connectivity index (χ4v) is 7.66. The summed E-state index contributed by atoms with van der Waals surface area (Å²) in [6, 6.07) is 29.5. The van der Waals surface area contributed by atoms with Gasteiger partial charge in [-0.1, -0.05) is 152 Å². The second-order valence-corrected chi connectivity index (χ2v) is 15.3. The molecule has 3 aromatic carbocycles. The van der Waals surface area contributed by atoms with Crippen LogP contribution in [0.2, 0.25) is 0 Å². The lowest BCUT2D eigenvalue weighted by Crippen LogP contribution is -2.42. The molecule has 1 nitrogen and oxygen atoms in total. The topological polar surface area (TPSA) is 9.23 Å². The summed E-state index contributed by atoms with van der Waals surface area (Å²) in [6.45, 7) is 18.6. The van der Waals surface area contributed by atoms with Crippen molar-refractivity contribution in [2.45, 2.75) is 78.6 Å². The zero-order chi connectivity index (χ0) is 30.1. The van der Waals surface area contributed by atoms with Gasteiger partial charge in [0.1, 0.15) is 5.76 Å². The molecule has 2 unspecified atom stereocenters. The Balaban J connectivity index is 1.73. The first-order chi connectivity index (χ1) is 19.8. The molecular formula is C41H46O. The summed E-state index contributed by atoms with van der Waals surface area (Å²) in [6.07, 6.45) is 8.50. The molecule has 6 rings (SSSR count). The Labute approximate surface area is 253 Å². The van der Waals surface area contributed by atoms with E-state index in [0.717, 1.165) is 12.2 Å². The maximum absolute atomic E-state index is 6.72. The highest BCUT2D eigenvalue weighted by Gasteiger charge is 2.57. The Morgan fingerprint density at radius 1 is 0.738 bits per heavy atom. The molecular weight excluding hydrogens is 508 g/mol. The lowest BCUT2D eigenvalue weighted by Gasteiger charge is -2.48. The molecule has 0 saturated carbocycles. The molecule has 0 N–H and O–H groups in total. The Hall–Kier alpha value is -3.58. The predicted molar refractivity (Wildman–Crippen MR) is 178 cm³/mol. The van der Waals surface area contributed by atoms with Gasteiger partial charge in [-0.05, 0) is 72.8 Å². The van der Waals surface area contributed by atoms with Crippen molar-refractivity contribution in [1.29, 1.82) is 0 Å². The van der Waals surface area contributed by atoms with Crippen LogP contribution in [-0.2, 0) is 15.6 Å². The van der Waals surface area contributed by atoms with Crippen molar-refractivity contribution in [3.63, 3.8) is 0 Å². The monoisotopic (exact) mass is 554 g/mol. The molecule has 0 aromatic heterocycles. The summed E-state index contributed by atoms with van der Waals surface area (Å²) in [7, 11) is 1.89. The highest BCUT2D eigenvalue weighted by Crippen LogP contribution is 2.65. The Kier molecular flexibility index (Phi) is 6.61. The molecule has 0 bridgehead atoms. The Bertz CT molecular complexity index is 1640. The van der Waals surface area contributed by atoms with Crippen LogP contribution in [0.15, 0.2) is 113 Å². The molecule has 2 atom stereocenters. The maximum atomic E-state index is 6.72. The number of rotatable bonds is 4. The van der Waals surface area contributed by atoms with Crippen molar-refractivity contribution < 1.29 is 4.74 Å². The first kappa shape index (κ1) is 28.5. The minimum Gasteiger partial charge on any atom is -0.499 e. The fourth-order valence-electron chi connectivity index (χ4n) is 7.66. The van der Waals surface area contributed by atoms with Gasteiger partial charge in [0.2, 0.25) is 0 Å². The van der Waals surface area contributed by atoms with Crippen LogP contribution < -0.4 is 0 Å². The van der Waals surface area contributed by atoms with Crippen LogP contribution in [0.1, 0.15) is 95.5 Å². The molecule has 0 saturated heterocycles. The molecule has 42 heavy (non-hydrogen) atoms. The summed E-state index contributed by atoms with van der Waals surface area (Å²) in [5.74, 6) is 1.13. The second-order valence-electron chi connectivity index (χ2n) is 15.3. The van der Waals surface area contributed by atoms with E-state index in [1.165, 1.54) is 50.1 Å². The van der Waals surface area contributed by atoms with Gasteiger partial charge >= 0.3 is 0 Å². The highest BCUT2D eigenvalue weighted by molar-refractivity contribution is 5.94. The number of hydrogen-bond acceptors (Lipinski definition) is 1. The van der Waals surface area contributed by atoms with E-state index in [4.69, 9.17) is 4.74 Å². The standard InChI is InChI=1S/C41H46O/c1-38(2,3)30-21-19-27(20-22-30)33-23-28-15-13-14-18-32(28)36(33)41(31-16-11-10-12-17-31)35-26-40(7,8)25-29(35)24-34(37(41)42-9)39(4,5)6/h10-24,26,36H,25H2,1-9H3. The number of methoxy groups -OCH3 is 1. The molecule has 0 radical (unpaired) electrons. The van der Waals surface area contributed by atoms with Crippen LogP contribution in [0, 0.1) is 10.8 Å². The first-order valence-electron chi connectivity index (χ1n) is 15.5. The van der Waals surface area contributed by atoms with E-state index in [1.54, 1.807) is 0 Å². The van der Waals surface area contributed by atoms with Gasteiger partial charge in [-0.15, -0.1) is 0 Å². The van der Waals surface area contributed by atoms with E-state index in [0.29, 0.717) is 0 Å². The van der Waals surface area contributed by atoms with Gasteiger partial charge in [0.15, 0.2) is 0 Å². The quantitative estimate of drug-likeness (QED) is 0.312. The molecule has 216 valence electrons. The minimum atomic E-state index is -0.516. The highest BCUT2D eigenvalue weighted by atomic mass is 16.5. The lowest BCUT2D eigenvalue weighted by atomic mass is 9.55. The molecule has 0 aliphatic heterocycles. The number of ether oxygens (including phenoxy) is 1. The van der Waals surface area contributed by atoms with Crippen molar-refractivity contribution in [3.8, 4) is 0 Å². The second kappa shape index (κ2) is 9.73. The molecule has 0 fully saturated rings. The van der Waals surface area contributed by atoms with Gasteiger partial charge in [0.25, 0.3) is 0 Å². The van der Waals surface area contributed by atoms with Crippen LogP contribution in [-0.4, -0.2) is 7.11 Å². The van der Waals surface area contributed by atoms with Gasteiger partial charge in [-0.2, -0.15) is 0 Å². The van der Waals surface area contributed by atoms with Crippen molar-refractivity contribution in [2.75, 3.05) is 7.11 Å². The van der Waals surface area contributed by atoms with Crippen molar-refractivity contribution >= 4 is 11.6 Å². The molecule has 0 amide bonds. The van der Waals surface area contributed by atoms with E-state index in [-0.39, 0.29) is 22.2 Å². The number of benzene rings is 3. The van der Waals surface area contributed by atoms with E-state index < -0.39 is 5.41 Å². The predicted octanol–water partition coefficient (Wildman–Crippen LogP) is 10.8. The summed E-state index contributed by atoms with van der Waals surface area (Å²) >= 11 is 0. The van der Waals surface area contributed by atoms with E-state index in [2.05, 4.69) is 152 Å². The van der Waals surface area contributed by atoms with Gasteiger partial charge in [0, 0.05) is 5.92 Å². The maximum Gasteiger partial charge on any atom is 0.115 e. The number of allylic oxidation sites excluding steroid dienone is 6. The average Bonchev–Trinajstić information content (AvgIpc) is 3.48. The lowest BCUT2D eigenvalue weighted by molar-refractivity contribution is 0.213. The van der Waals surface area contributed by atoms with Crippen molar-refractivity contribution in [1.82, 2.24) is 0 Å². The van der Waals surface area contributed by atoms with Crippen LogP contribution in [0.5, 0.6) is 0 Å². The van der Waals surface area contributed by atoms with Crippen molar-refractivity contribution in [3.05, 3.63) is 141 Å². The third kappa shape index (κ3) is 4.44. The summed E-state index contributed by atoms with van der Waals surface area (Å²) in [5.41, 5.74) is 11.7. The van der Waals surface area contributed by atoms with Crippen LogP contribution >= 0.6 is 0 Å². The molecule has 1 heteroatoms. The summed E-state index contributed by atoms with van der Waals surface area (Å²) in [4.78, 5) is 0. The van der Waals surface area contributed by atoms with Crippen LogP contribution in [0.3, 0.4) is 0 Å². The van der Waals surface area contributed by atoms with Gasteiger partial charge in [0.05, 0.1) is 12.5 Å². The van der Waals surface area contributed by atoms with Gasteiger partial charge < -0.3 is 4.74 Å². The number of fused-ring (bicyclic) bond motifs is 2. The molecule has 3 aliphatic carbocycles. The minimum absolute atomic E-state index is 0.0488. The van der Waals surface area contributed by atoms with Gasteiger partial charge in [-0.25, -0.2) is 0 Å². The Morgan fingerprint density at radius 3 is 2.00 bits per heavy atom. The molecule has 3 aromatic rings. The first-order valence-corrected chi connectivity index (χ1v) is 15.5. The fraction of sp³-hybridized carbons (Fsp3) is 0.366. The van der Waals surface area contributed by atoms with Crippen molar-refractivity contribution in [2.24, 2.45) is 10.8 Å². The summed E-state index contributed by atoms with van der Waals surface area (Å²) in [5, 5.41) is 0. The SMILES string of the molecule is COC1=C(C(C)(C)C)C=C2CC(C)(C)C=C2C1(c1ccccc1)C1C(c2ccc(C(C)(C)C)cc2)=Cc2ccccc21.